The molecule has 0 spiro atoms. The van der Waals surface area contributed by atoms with Crippen molar-refractivity contribution < 1.29 is 9.47 Å². The van der Waals surface area contributed by atoms with Crippen LogP contribution in [0, 0.1) is 5.41 Å². The highest BCUT2D eigenvalue weighted by atomic mass is 35.5. The van der Waals surface area contributed by atoms with Crippen LogP contribution >= 0.6 is 11.6 Å². The van der Waals surface area contributed by atoms with Crippen molar-refractivity contribution in [1.82, 2.24) is 4.90 Å². The molecule has 1 saturated carbocycles. The summed E-state index contributed by atoms with van der Waals surface area (Å²) in [6, 6.07) is 9.07. The van der Waals surface area contributed by atoms with Crippen LogP contribution in [0.3, 0.4) is 0 Å². The third-order valence-electron chi connectivity index (χ3n) is 8.81. The number of benzene rings is 2. The second kappa shape index (κ2) is 20.5. The number of hydrogen-bond acceptors (Lipinski definition) is 5. The molecule has 3 rings (SSSR count). The smallest absolute Gasteiger partial charge is 0.322 e. The summed E-state index contributed by atoms with van der Waals surface area (Å²) in [5, 5.41) is 8.32. The van der Waals surface area contributed by atoms with Crippen LogP contribution < -0.4 is 9.47 Å². The van der Waals surface area contributed by atoms with Gasteiger partial charge in [0.2, 0.25) is 0 Å². The molecule has 49 heavy (non-hydrogen) atoms. The van der Waals surface area contributed by atoms with E-state index in [0.717, 1.165) is 54.6 Å². The number of nitrogens with zero attached hydrogens (tertiary/aromatic N) is 2. The summed E-state index contributed by atoms with van der Waals surface area (Å²) < 4.78 is 13.1. The molecule has 0 bridgehead atoms. The van der Waals surface area contributed by atoms with Gasteiger partial charge in [0, 0.05) is 47.3 Å². The van der Waals surface area contributed by atoms with Crippen LogP contribution in [0.5, 0.6) is 11.5 Å². The van der Waals surface area contributed by atoms with Crippen molar-refractivity contribution >= 4 is 24.0 Å². The highest BCUT2D eigenvalue weighted by molar-refractivity contribution is 6.19. The molecular weight excluding hydrogens is 626 g/mol. The predicted octanol–water partition coefficient (Wildman–Crippen LogP) is 12.6. The monoisotopic (exact) mass is 698 g/mol. The molecule has 278 valence electrons. The van der Waals surface area contributed by atoms with Gasteiger partial charge in [0.05, 0.1) is 0 Å². The first-order chi connectivity index (χ1) is 23.0. The highest BCUT2D eigenvalue weighted by Crippen LogP contribution is 2.40. The third-order valence-corrected chi connectivity index (χ3v) is 8.99. The predicted molar refractivity (Wildman–Crippen MR) is 216 cm³/mol. The lowest BCUT2D eigenvalue weighted by Crippen LogP contribution is -2.27. The zero-order chi connectivity index (χ0) is 37.6. The van der Waals surface area contributed by atoms with Gasteiger partial charge in [-0.25, -0.2) is 0 Å². The average Bonchev–Trinajstić information content (AvgIpc) is 3.05. The summed E-state index contributed by atoms with van der Waals surface area (Å²) in [6.45, 7) is 34.9. The Morgan fingerprint density at radius 1 is 0.796 bits per heavy atom. The molecule has 0 radical (unpaired) electrons. The van der Waals surface area contributed by atoms with Crippen LogP contribution in [0.1, 0.15) is 176 Å². The molecule has 1 aliphatic carbocycles. The van der Waals surface area contributed by atoms with Crippen molar-refractivity contribution in [3.63, 3.8) is 0 Å². The van der Waals surface area contributed by atoms with Crippen molar-refractivity contribution in [2.24, 2.45) is 4.99 Å². The van der Waals surface area contributed by atoms with Crippen LogP contribution in [-0.2, 0) is 22.8 Å². The second-order valence-corrected chi connectivity index (χ2v) is 16.2. The van der Waals surface area contributed by atoms with Crippen LogP contribution in [0.25, 0.3) is 0 Å². The minimum Gasteiger partial charge on any atom is -0.441 e. The molecule has 1 N–H and O–H groups in total. The number of hydrogen-bond donors (Lipinski definition) is 1. The lowest BCUT2D eigenvalue weighted by atomic mass is 9.79. The molecule has 6 heteroatoms. The van der Waals surface area contributed by atoms with Gasteiger partial charge in [-0.15, -0.1) is 0 Å². The maximum atomic E-state index is 8.32. The van der Waals surface area contributed by atoms with Crippen molar-refractivity contribution in [2.45, 2.75) is 177 Å². The molecule has 0 aromatic heterocycles. The molecular formula is C43H72ClN3O2. The first-order valence-electron chi connectivity index (χ1n) is 19.1. The van der Waals surface area contributed by atoms with E-state index in [2.05, 4.69) is 99.3 Å². The van der Waals surface area contributed by atoms with Gasteiger partial charge in [-0.3, -0.25) is 9.89 Å². The molecule has 1 fully saturated rings. The van der Waals surface area contributed by atoms with Crippen LogP contribution in [0.4, 0.5) is 0 Å². The topological polar surface area (TPSA) is 57.9 Å². The molecule has 2 aromatic rings. The zero-order valence-corrected chi connectivity index (χ0v) is 34.8. The van der Waals surface area contributed by atoms with E-state index in [1.807, 2.05) is 40.0 Å². The van der Waals surface area contributed by atoms with E-state index in [1.54, 1.807) is 0 Å². The van der Waals surface area contributed by atoms with Crippen LogP contribution in [0.2, 0.25) is 0 Å². The molecule has 0 aliphatic heterocycles. The van der Waals surface area contributed by atoms with Gasteiger partial charge in [0.15, 0.2) is 0 Å². The number of halogens is 1. The molecule has 2 aromatic carbocycles. The molecule has 5 nitrogen and oxygen atoms in total. The van der Waals surface area contributed by atoms with Crippen LogP contribution in [0.15, 0.2) is 29.3 Å². The normalized spacial score (nSPS) is 14.9. The lowest BCUT2D eigenvalue weighted by molar-refractivity contribution is 0.0735. The first kappa shape index (κ1) is 44.7. The Morgan fingerprint density at radius 2 is 1.33 bits per heavy atom. The summed E-state index contributed by atoms with van der Waals surface area (Å²) in [7, 11) is 0. The molecule has 0 heterocycles. The standard InChI is InChI=1S/C39H60ClN3O2.2C2H6/c1-12-19-43(13-2)26-29-22-30(37(3,4)5)20-27(24-41)34(29)44-36(40)45-35-28(25-42-32-17-15-14-16-18-32)21-31(38(6,7)8)23-33(35)39(9,10)11;2*1-2/h20-25,32,36,41H,12-19,26H2,1-11H3;2*1-2H3. The number of alkyl halides is 1. The van der Waals surface area contributed by atoms with E-state index in [1.165, 1.54) is 31.0 Å². The number of aliphatic imine (C=N–C) groups is 1. The van der Waals surface area contributed by atoms with Gasteiger partial charge in [0.25, 0.3) is 0 Å². The molecule has 1 aliphatic rings. The van der Waals surface area contributed by atoms with Gasteiger partial charge in [-0.2, -0.15) is 0 Å². The summed E-state index contributed by atoms with van der Waals surface area (Å²) in [5.74, 6) is 0.210. The van der Waals surface area contributed by atoms with E-state index in [9.17, 15) is 0 Å². The fraction of sp³-hybridized carbons (Fsp3) is 0.674. The Balaban J connectivity index is 0.00000289. The van der Waals surface area contributed by atoms with Crippen LogP contribution in [-0.4, -0.2) is 42.2 Å². The van der Waals surface area contributed by atoms with Crippen molar-refractivity contribution in [3.8, 4) is 11.5 Å². The van der Waals surface area contributed by atoms with E-state index in [-0.39, 0.29) is 16.2 Å². The minimum absolute atomic E-state index is 0.0466. The first-order valence-corrected chi connectivity index (χ1v) is 19.5. The fourth-order valence-corrected chi connectivity index (χ4v) is 6.09. The van der Waals surface area contributed by atoms with Crippen molar-refractivity contribution in [2.75, 3.05) is 13.1 Å². The highest BCUT2D eigenvalue weighted by Gasteiger charge is 2.29. The number of rotatable bonds is 12. The van der Waals surface area contributed by atoms with Crippen molar-refractivity contribution in [3.05, 3.63) is 57.6 Å². The molecule has 1 unspecified atom stereocenters. The Kier molecular flexibility index (Phi) is 18.7. The molecule has 1 atom stereocenters. The summed E-state index contributed by atoms with van der Waals surface area (Å²) in [4.78, 5) is 7.46. The number of nitrogens with one attached hydrogen (secondary N) is 1. The third kappa shape index (κ3) is 13.7. The summed E-state index contributed by atoms with van der Waals surface area (Å²) in [6.07, 6.45) is 10.5. The van der Waals surface area contributed by atoms with E-state index >= 15 is 0 Å². The Labute approximate surface area is 307 Å². The average molecular weight is 699 g/mol. The minimum atomic E-state index is -1.10. The Hall–Kier alpha value is -2.37. The maximum Gasteiger partial charge on any atom is 0.322 e. The lowest BCUT2D eigenvalue weighted by Gasteiger charge is -2.30. The van der Waals surface area contributed by atoms with E-state index < -0.39 is 5.75 Å². The fourth-order valence-electron chi connectivity index (χ4n) is 5.91. The van der Waals surface area contributed by atoms with Gasteiger partial charge in [0.1, 0.15) is 11.5 Å². The van der Waals surface area contributed by atoms with Gasteiger partial charge in [-0.05, 0) is 83.5 Å². The Morgan fingerprint density at radius 3 is 1.82 bits per heavy atom. The van der Waals surface area contributed by atoms with E-state index in [0.29, 0.717) is 29.6 Å². The summed E-state index contributed by atoms with van der Waals surface area (Å²) >= 11 is 7.01. The molecule has 0 saturated heterocycles. The largest absolute Gasteiger partial charge is 0.441 e. The number of ether oxygens (including phenoxy) is 2. The van der Waals surface area contributed by atoms with Gasteiger partial charge < -0.3 is 14.9 Å². The Bertz CT molecular complexity index is 1310. The summed E-state index contributed by atoms with van der Waals surface area (Å²) in [5.41, 5.74) is 5.80. The molecule has 0 amide bonds. The van der Waals surface area contributed by atoms with Crippen molar-refractivity contribution in [1.29, 1.82) is 5.41 Å². The maximum absolute atomic E-state index is 8.32. The zero-order valence-electron chi connectivity index (χ0n) is 34.1. The quantitative estimate of drug-likeness (QED) is 0.136. The van der Waals surface area contributed by atoms with E-state index in [4.69, 9.17) is 31.5 Å². The van der Waals surface area contributed by atoms with Gasteiger partial charge >= 0.3 is 5.75 Å². The van der Waals surface area contributed by atoms with Gasteiger partial charge in [-0.1, -0.05) is 135 Å². The second-order valence-electron chi connectivity index (χ2n) is 15.8. The SMILES string of the molecule is CC.CC.CCCN(CC)Cc1cc(C(C)(C)C)cc(C=N)c1OC(Cl)Oc1c(C=NC2CCCCC2)cc(C(C)(C)C)cc1C(C)(C)C.